The van der Waals surface area contributed by atoms with Crippen LogP contribution in [0.1, 0.15) is 20.1 Å². The van der Waals surface area contributed by atoms with Crippen LogP contribution in [0.5, 0.6) is 0 Å². The van der Waals surface area contributed by atoms with Gasteiger partial charge in [-0.05, 0) is 17.7 Å². The lowest BCUT2D eigenvalue weighted by molar-refractivity contribution is 0.103. The van der Waals surface area contributed by atoms with Gasteiger partial charge in [-0.15, -0.1) is 22.7 Å². The van der Waals surface area contributed by atoms with E-state index in [0.29, 0.717) is 14.3 Å². The number of amides is 1. The molecule has 3 nitrogen and oxygen atoms in total. The van der Waals surface area contributed by atoms with E-state index in [2.05, 4.69) is 22.4 Å². The third kappa shape index (κ3) is 2.27. The molecule has 1 amide bonds. The fraction of sp³-hybridized carbons (Fsp3) is 0.0667. The van der Waals surface area contributed by atoms with Crippen LogP contribution in [0.25, 0.3) is 11.3 Å². The number of hydrogen-bond acceptors (Lipinski definition) is 4. The van der Waals surface area contributed by atoms with Crippen molar-refractivity contribution in [1.29, 1.82) is 0 Å². The second kappa shape index (κ2) is 4.94. The van der Waals surface area contributed by atoms with Crippen LogP contribution in [0.2, 0.25) is 4.34 Å². The Morgan fingerprint density at radius 2 is 2.05 bits per heavy atom. The number of carbonyl (C=O) groups excluding carboxylic acids is 1. The lowest BCUT2D eigenvalue weighted by Crippen LogP contribution is -2.09. The molecule has 2 heterocycles. The largest absolute Gasteiger partial charge is 0.297 e. The molecule has 104 valence electrons. The summed E-state index contributed by atoms with van der Waals surface area (Å²) < 4.78 is 0.607. The number of nitrogens with zero attached hydrogens (tertiary/aromatic N) is 1. The van der Waals surface area contributed by atoms with Gasteiger partial charge in [0.25, 0.3) is 5.91 Å². The first-order chi connectivity index (χ1) is 10.2. The van der Waals surface area contributed by atoms with Crippen LogP contribution in [0.15, 0.2) is 36.4 Å². The monoisotopic (exact) mass is 332 g/mol. The molecule has 0 aliphatic heterocycles. The molecule has 0 unspecified atom stereocenters. The number of rotatable bonds is 2. The smallest absolute Gasteiger partial charge is 0.267 e. The fourth-order valence-electron chi connectivity index (χ4n) is 2.41. The van der Waals surface area contributed by atoms with E-state index in [9.17, 15) is 4.79 Å². The summed E-state index contributed by atoms with van der Waals surface area (Å²) >= 11 is 8.65. The highest BCUT2D eigenvalue weighted by Gasteiger charge is 2.23. The Morgan fingerprint density at radius 1 is 1.19 bits per heavy atom. The molecular formula is C15H9ClN2OS2. The number of thiophene rings is 1. The minimum absolute atomic E-state index is 0.160. The molecule has 0 atom stereocenters. The first-order valence-electron chi connectivity index (χ1n) is 6.35. The van der Waals surface area contributed by atoms with Crippen LogP contribution >= 0.6 is 34.3 Å². The molecule has 0 fully saturated rings. The van der Waals surface area contributed by atoms with Crippen molar-refractivity contribution in [1.82, 2.24) is 4.98 Å². The minimum atomic E-state index is -0.160. The average Bonchev–Trinajstić information content (AvgIpc) is 3.12. The first kappa shape index (κ1) is 13.0. The van der Waals surface area contributed by atoms with Crippen LogP contribution < -0.4 is 5.32 Å². The molecule has 2 aromatic heterocycles. The highest BCUT2D eigenvalue weighted by atomic mass is 35.5. The van der Waals surface area contributed by atoms with Crippen molar-refractivity contribution in [3.05, 3.63) is 56.1 Å². The molecule has 1 aliphatic rings. The quantitative estimate of drug-likeness (QED) is 0.579. The lowest BCUT2D eigenvalue weighted by Gasteiger charge is -2.00. The van der Waals surface area contributed by atoms with E-state index in [1.54, 1.807) is 12.1 Å². The first-order valence-corrected chi connectivity index (χ1v) is 8.36. The number of carbonyl (C=O) groups is 1. The number of anilines is 1. The molecule has 3 aromatic rings. The third-order valence-electron chi connectivity index (χ3n) is 3.34. The fourth-order valence-corrected chi connectivity index (χ4v) is 4.34. The van der Waals surface area contributed by atoms with Crippen LogP contribution in [-0.2, 0) is 6.42 Å². The van der Waals surface area contributed by atoms with Crippen molar-refractivity contribution in [3.8, 4) is 11.3 Å². The van der Waals surface area contributed by atoms with Crippen LogP contribution in [0, 0.1) is 0 Å². The molecule has 4 rings (SSSR count). The van der Waals surface area contributed by atoms with Gasteiger partial charge in [0, 0.05) is 16.9 Å². The number of hydrogen-bond donors (Lipinski definition) is 1. The average molecular weight is 333 g/mol. The maximum atomic E-state index is 12.1. The van der Waals surface area contributed by atoms with Gasteiger partial charge in [0.2, 0.25) is 0 Å². The number of thiazole rings is 1. The van der Waals surface area contributed by atoms with Crippen molar-refractivity contribution in [2.75, 3.05) is 5.32 Å². The number of nitrogens with one attached hydrogen (secondary N) is 1. The molecule has 21 heavy (non-hydrogen) atoms. The zero-order valence-corrected chi connectivity index (χ0v) is 13.1. The Bertz CT molecular complexity index is 853. The molecule has 0 radical (unpaired) electrons. The molecule has 1 N–H and O–H groups in total. The third-order valence-corrected chi connectivity index (χ3v) is 5.54. The van der Waals surface area contributed by atoms with Gasteiger partial charge in [-0.1, -0.05) is 35.9 Å². The Morgan fingerprint density at radius 3 is 2.86 bits per heavy atom. The van der Waals surface area contributed by atoms with Crippen LogP contribution in [0.4, 0.5) is 5.13 Å². The van der Waals surface area contributed by atoms with Gasteiger partial charge in [-0.2, -0.15) is 0 Å². The molecule has 1 aliphatic carbocycles. The van der Waals surface area contributed by atoms with Gasteiger partial charge < -0.3 is 0 Å². The SMILES string of the molecule is O=C(Nc1nc2c(s1)Cc1ccccc1-2)c1ccc(Cl)s1. The topological polar surface area (TPSA) is 42.0 Å². The van der Waals surface area contributed by atoms with Crippen molar-refractivity contribution in [2.45, 2.75) is 6.42 Å². The Labute approximate surface area is 134 Å². The molecule has 6 heteroatoms. The normalized spacial score (nSPS) is 12.0. The number of aromatic nitrogens is 1. The highest BCUT2D eigenvalue weighted by molar-refractivity contribution is 7.18. The predicted molar refractivity (Wildman–Crippen MR) is 87.6 cm³/mol. The maximum Gasteiger partial charge on any atom is 0.267 e. The lowest BCUT2D eigenvalue weighted by atomic mass is 10.1. The predicted octanol–water partition coefficient (Wildman–Crippen LogP) is 4.68. The summed E-state index contributed by atoms with van der Waals surface area (Å²) in [6.45, 7) is 0. The second-order valence-electron chi connectivity index (χ2n) is 4.68. The molecule has 0 spiro atoms. The summed E-state index contributed by atoms with van der Waals surface area (Å²) in [5.74, 6) is -0.160. The summed E-state index contributed by atoms with van der Waals surface area (Å²) in [5.41, 5.74) is 3.47. The Kier molecular flexibility index (Phi) is 3.06. The minimum Gasteiger partial charge on any atom is -0.297 e. The molecule has 0 saturated carbocycles. The summed E-state index contributed by atoms with van der Waals surface area (Å²) in [5, 5.41) is 3.49. The van der Waals surface area contributed by atoms with Crippen molar-refractivity contribution in [3.63, 3.8) is 0 Å². The number of halogens is 1. The number of benzene rings is 1. The zero-order chi connectivity index (χ0) is 14.4. The van der Waals surface area contributed by atoms with Gasteiger partial charge in [0.05, 0.1) is 14.9 Å². The summed E-state index contributed by atoms with van der Waals surface area (Å²) in [6.07, 6.45) is 0.893. The van der Waals surface area contributed by atoms with E-state index in [4.69, 9.17) is 11.6 Å². The Hall–Kier alpha value is -1.69. The van der Waals surface area contributed by atoms with E-state index in [-0.39, 0.29) is 5.91 Å². The molecular weight excluding hydrogens is 324 g/mol. The van der Waals surface area contributed by atoms with E-state index in [1.807, 2.05) is 12.1 Å². The van der Waals surface area contributed by atoms with Crippen molar-refractivity contribution in [2.24, 2.45) is 0 Å². The van der Waals surface area contributed by atoms with Crippen molar-refractivity contribution < 1.29 is 4.79 Å². The van der Waals surface area contributed by atoms with E-state index < -0.39 is 0 Å². The van der Waals surface area contributed by atoms with Gasteiger partial charge in [-0.25, -0.2) is 4.98 Å². The summed E-state index contributed by atoms with van der Waals surface area (Å²) in [4.78, 5) is 18.5. The summed E-state index contributed by atoms with van der Waals surface area (Å²) in [7, 11) is 0. The van der Waals surface area contributed by atoms with Crippen LogP contribution in [0.3, 0.4) is 0 Å². The van der Waals surface area contributed by atoms with E-state index in [1.165, 1.54) is 38.7 Å². The van der Waals surface area contributed by atoms with E-state index in [0.717, 1.165) is 12.1 Å². The van der Waals surface area contributed by atoms with Gasteiger partial charge in [-0.3, -0.25) is 10.1 Å². The maximum absolute atomic E-state index is 12.1. The molecule has 0 saturated heterocycles. The highest BCUT2D eigenvalue weighted by Crippen LogP contribution is 2.40. The van der Waals surface area contributed by atoms with Gasteiger partial charge in [0.15, 0.2) is 5.13 Å². The zero-order valence-electron chi connectivity index (χ0n) is 10.7. The van der Waals surface area contributed by atoms with Crippen molar-refractivity contribution >= 4 is 45.3 Å². The summed E-state index contributed by atoms with van der Waals surface area (Å²) in [6, 6.07) is 11.7. The van der Waals surface area contributed by atoms with Gasteiger partial charge in [0.1, 0.15) is 0 Å². The standard InChI is InChI=1S/C15H9ClN2OS2/c16-12-6-5-10(20-12)14(19)18-15-17-13-9-4-2-1-3-8(9)7-11(13)21-15/h1-6H,7H2,(H,17,18,19). The van der Waals surface area contributed by atoms with E-state index >= 15 is 0 Å². The number of fused-ring (bicyclic) bond motifs is 3. The molecule has 0 bridgehead atoms. The van der Waals surface area contributed by atoms with Crippen LogP contribution in [-0.4, -0.2) is 10.9 Å². The Balaban J connectivity index is 1.61. The second-order valence-corrected chi connectivity index (χ2v) is 7.48. The molecule has 1 aromatic carbocycles. The van der Waals surface area contributed by atoms with Gasteiger partial charge >= 0.3 is 0 Å².